The van der Waals surface area contributed by atoms with Gasteiger partial charge in [-0.05, 0) is 49.6 Å². The molecular weight excluding hydrogens is 218 g/mol. The topological polar surface area (TPSA) is 12.0 Å². The number of rotatable bonds is 8. The Morgan fingerprint density at radius 1 is 1.06 bits per heavy atom. The van der Waals surface area contributed by atoms with Crippen molar-refractivity contribution in [1.82, 2.24) is 5.32 Å². The van der Waals surface area contributed by atoms with Crippen LogP contribution in [0.5, 0.6) is 0 Å². The van der Waals surface area contributed by atoms with Gasteiger partial charge in [-0.2, -0.15) is 0 Å². The Balaban J connectivity index is 2.38. The van der Waals surface area contributed by atoms with Gasteiger partial charge >= 0.3 is 0 Å². The van der Waals surface area contributed by atoms with Crippen molar-refractivity contribution in [2.24, 2.45) is 17.3 Å². The molecule has 1 aliphatic carbocycles. The first-order valence-corrected chi connectivity index (χ1v) is 8.29. The minimum absolute atomic E-state index is 0.595. The molecule has 1 fully saturated rings. The molecule has 1 heteroatoms. The van der Waals surface area contributed by atoms with E-state index < -0.39 is 0 Å². The summed E-state index contributed by atoms with van der Waals surface area (Å²) in [6, 6.07) is 0. The molecule has 2 atom stereocenters. The lowest BCUT2D eigenvalue weighted by atomic mass is 9.66. The maximum Gasteiger partial charge on any atom is -0.00180 e. The van der Waals surface area contributed by atoms with E-state index in [4.69, 9.17) is 0 Å². The fourth-order valence-corrected chi connectivity index (χ4v) is 3.56. The third-order valence-electron chi connectivity index (χ3n) is 4.76. The minimum Gasteiger partial charge on any atom is -0.317 e. The second-order valence-corrected chi connectivity index (χ2v) is 7.08. The van der Waals surface area contributed by atoms with E-state index in [2.05, 4.69) is 33.0 Å². The number of hydrogen-bond acceptors (Lipinski definition) is 1. The molecule has 108 valence electrons. The van der Waals surface area contributed by atoms with Gasteiger partial charge in [0.05, 0.1) is 0 Å². The van der Waals surface area contributed by atoms with E-state index in [1.54, 1.807) is 0 Å². The Morgan fingerprint density at radius 3 is 2.50 bits per heavy atom. The van der Waals surface area contributed by atoms with E-state index >= 15 is 0 Å². The monoisotopic (exact) mass is 253 g/mol. The zero-order valence-corrected chi connectivity index (χ0v) is 13.2. The highest BCUT2D eigenvalue weighted by Crippen LogP contribution is 2.43. The fraction of sp³-hybridized carbons (Fsp3) is 1.00. The zero-order valence-electron chi connectivity index (χ0n) is 13.2. The molecule has 1 nitrogen and oxygen atoms in total. The highest BCUT2D eigenvalue weighted by Gasteiger charge is 2.33. The van der Waals surface area contributed by atoms with Gasteiger partial charge in [0.25, 0.3) is 0 Å². The van der Waals surface area contributed by atoms with Crippen LogP contribution in [-0.4, -0.2) is 13.1 Å². The lowest BCUT2D eigenvalue weighted by Crippen LogP contribution is -2.36. The summed E-state index contributed by atoms with van der Waals surface area (Å²) < 4.78 is 0. The van der Waals surface area contributed by atoms with Crippen molar-refractivity contribution in [2.45, 2.75) is 79.1 Å². The second kappa shape index (κ2) is 8.19. The van der Waals surface area contributed by atoms with Crippen LogP contribution in [0, 0.1) is 17.3 Å². The van der Waals surface area contributed by atoms with Crippen molar-refractivity contribution >= 4 is 0 Å². The van der Waals surface area contributed by atoms with Gasteiger partial charge in [-0.1, -0.05) is 59.8 Å². The summed E-state index contributed by atoms with van der Waals surface area (Å²) in [5.41, 5.74) is 0.595. The molecule has 0 aromatic carbocycles. The van der Waals surface area contributed by atoms with Crippen LogP contribution in [0.25, 0.3) is 0 Å². The van der Waals surface area contributed by atoms with E-state index in [1.807, 2.05) is 0 Å². The van der Waals surface area contributed by atoms with Crippen LogP contribution >= 0.6 is 0 Å². The van der Waals surface area contributed by atoms with Crippen LogP contribution in [0.3, 0.4) is 0 Å². The van der Waals surface area contributed by atoms with E-state index in [0.29, 0.717) is 5.41 Å². The Morgan fingerprint density at radius 2 is 1.83 bits per heavy atom. The number of hydrogen-bond donors (Lipinski definition) is 1. The van der Waals surface area contributed by atoms with E-state index in [-0.39, 0.29) is 0 Å². The molecule has 0 heterocycles. The maximum atomic E-state index is 3.58. The molecule has 18 heavy (non-hydrogen) atoms. The van der Waals surface area contributed by atoms with Crippen LogP contribution in [0.1, 0.15) is 79.1 Å². The molecular formula is C17H35N. The minimum atomic E-state index is 0.595. The molecule has 0 saturated heterocycles. The predicted molar refractivity (Wildman–Crippen MR) is 81.9 cm³/mol. The summed E-state index contributed by atoms with van der Waals surface area (Å²) in [4.78, 5) is 0. The lowest BCUT2D eigenvalue weighted by molar-refractivity contribution is 0.108. The van der Waals surface area contributed by atoms with Crippen LogP contribution in [0.4, 0.5) is 0 Å². The molecule has 1 aliphatic rings. The molecule has 0 bridgehead atoms. The molecule has 1 N–H and O–H groups in total. The van der Waals surface area contributed by atoms with Crippen molar-refractivity contribution in [3.63, 3.8) is 0 Å². The third kappa shape index (κ3) is 5.73. The van der Waals surface area contributed by atoms with Crippen LogP contribution < -0.4 is 5.32 Å². The van der Waals surface area contributed by atoms with Crippen LogP contribution in [0.2, 0.25) is 0 Å². The van der Waals surface area contributed by atoms with E-state index in [9.17, 15) is 0 Å². The van der Waals surface area contributed by atoms with E-state index in [0.717, 1.165) is 18.4 Å². The summed E-state index contributed by atoms with van der Waals surface area (Å²) in [6.07, 6.45) is 11.5. The van der Waals surface area contributed by atoms with Crippen LogP contribution in [-0.2, 0) is 0 Å². The maximum absolute atomic E-state index is 3.58. The molecule has 0 aromatic rings. The summed E-state index contributed by atoms with van der Waals surface area (Å²) in [5, 5.41) is 3.58. The second-order valence-electron chi connectivity index (χ2n) is 7.08. The first-order valence-electron chi connectivity index (χ1n) is 8.29. The van der Waals surface area contributed by atoms with Crippen molar-refractivity contribution in [3.05, 3.63) is 0 Å². The first kappa shape index (κ1) is 16.0. The van der Waals surface area contributed by atoms with Gasteiger partial charge in [-0.3, -0.25) is 0 Å². The standard InChI is InChI=1S/C17H35N/c1-5-7-8-9-10-15-13-17(3,4)12-11-16(15)14-18-6-2/h15-16,18H,5-14H2,1-4H3. The van der Waals surface area contributed by atoms with Crippen molar-refractivity contribution in [1.29, 1.82) is 0 Å². The predicted octanol–water partition coefficient (Wildman–Crippen LogP) is 5.01. The van der Waals surface area contributed by atoms with Gasteiger partial charge in [0.1, 0.15) is 0 Å². The molecule has 1 saturated carbocycles. The van der Waals surface area contributed by atoms with Gasteiger partial charge in [0.15, 0.2) is 0 Å². The fourth-order valence-electron chi connectivity index (χ4n) is 3.56. The highest BCUT2D eigenvalue weighted by molar-refractivity contribution is 4.85. The van der Waals surface area contributed by atoms with Crippen molar-refractivity contribution in [2.75, 3.05) is 13.1 Å². The van der Waals surface area contributed by atoms with Crippen molar-refractivity contribution < 1.29 is 0 Å². The van der Waals surface area contributed by atoms with E-state index in [1.165, 1.54) is 57.9 Å². The molecule has 0 amide bonds. The number of nitrogens with one attached hydrogen (secondary N) is 1. The summed E-state index contributed by atoms with van der Waals surface area (Å²) in [5.74, 6) is 1.92. The summed E-state index contributed by atoms with van der Waals surface area (Å²) in [6.45, 7) is 11.8. The van der Waals surface area contributed by atoms with Gasteiger partial charge < -0.3 is 5.32 Å². The Hall–Kier alpha value is -0.0400. The highest BCUT2D eigenvalue weighted by atomic mass is 14.8. The average Bonchev–Trinajstić information content (AvgIpc) is 2.33. The Bertz CT molecular complexity index is 210. The first-order chi connectivity index (χ1) is 8.59. The molecule has 0 spiro atoms. The smallest absolute Gasteiger partial charge is 0.00180 e. The van der Waals surface area contributed by atoms with Crippen molar-refractivity contribution in [3.8, 4) is 0 Å². The Kier molecular flexibility index (Phi) is 7.29. The van der Waals surface area contributed by atoms with Gasteiger partial charge in [0.2, 0.25) is 0 Å². The normalized spacial score (nSPS) is 27.3. The molecule has 0 aliphatic heterocycles. The Labute approximate surface area is 115 Å². The van der Waals surface area contributed by atoms with Gasteiger partial charge in [-0.15, -0.1) is 0 Å². The number of unbranched alkanes of at least 4 members (excludes halogenated alkanes) is 3. The van der Waals surface area contributed by atoms with Gasteiger partial charge in [0, 0.05) is 0 Å². The molecule has 0 radical (unpaired) electrons. The lowest BCUT2D eigenvalue weighted by Gasteiger charge is -2.41. The third-order valence-corrected chi connectivity index (χ3v) is 4.76. The quantitative estimate of drug-likeness (QED) is 0.600. The summed E-state index contributed by atoms with van der Waals surface area (Å²) >= 11 is 0. The molecule has 1 rings (SSSR count). The SMILES string of the molecule is CCCCCCC1CC(C)(C)CCC1CNCC. The van der Waals surface area contributed by atoms with Crippen LogP contribution in [0.15, 0.2) is 0 Å². The summed E-state index contributed by atoms with van der Waals surface area (Å²) in [7, 11) is 0. The zero-order chi connectivity index (χ0) is 13.4. The average molecular weight is 253 g/mol. The van der Waals surface area contributed by atoms with Gasteiger partial charge in [-0.25, -0.2) is 0 Å². The largest absolute Gasteiger partial charge is 0.317 e. The molecule has 2 unspecified atom stereocenters. The molecule has 0 aromatic heterocycles.